The van der Waals surface area contributed by atoms with Gasteiger partial charge < -0.3 is 29.2 Å². The van der Waals surface area contributed by atoms with E-state index in [1.165, 1.54) is 24.8 Å². The molecule has 35 heavy (non-hydrogen) atoms. The number of benzene rings is 2. The molecule has 0 bridgehead atoms. The van der Waals surface area contributed by atoms with E-state index < -0.39 is 5.97 Å². The highest BCUT2D eigenvalue weighted by atomic mass is 16.5. The van der Waals surface area contributed by atoms with Gasteiger partial charge in [0.05, 0.1) is 31.9 Å². The molecular weight excluding hydrogens is 452 g/mol. The van der Waals surface area contributed by atoms with Gasteiger partial charge in [-0.3, -0.25) is 9.59 Å². The summed E-state index contributed by atoms with van der Waals surface area (Å²) in [5, 5.41) is 2.96. The molecule has 1 saturated heterocycles. The number of fused-ring (bicyclic) bond motifs is 1. The third kappa shape index (κ3) is 6.30. The molecule has 2 aliphatic rings. The van der Waals surface area contributed by atoms with Crippen molar-refractivity contribution >= 4 is 17.8 Å². The summed E-state index contributed by atoms with van der Waals surface area (Å²) < 4.78 is 21.4. The molecule has 1 heterocycles. The average Bonchev–Trinajstić information content (AvgIpc) is 2.91. The highest BCUT2D eigenvalue weighted by Crippen LogP contribution is 2.30. The molecule has 0 saturated carbocycles. The summed E-state index contributed by atoms with van der Waals surface area (Å²) in [6, 6.07) is 12.5. The van der Waals surface area contributed by atoms with Crippen LogP contribution in [0.3, 0.4) is 0 Å². The lowest BCUT2D eigenvalue weighted by atomic mass is 9.88. The molecule has 1 aliphatic heterocycles. The Hall–Kier alpha value is -3.59. The molecule has 1 aliphatic carbocycles. The van der Waals surface area contributed by atoms with Crippen molar-refractivity contribution in [3.63, 3.8) is 0 Å². The summed E-state index contributed by atoms with van der Waals surface area (Å²) >= 11 is 0. The molecule has 9 heteroatoms. The van der Waals surface area contributed by atoms with Crippen molar-refractivity contribution in [3.8, 4) is 11.5 Å². The first-order valence-electron chi connectivity index (χ1n) is 11.8. The van der Waals surface area contributed by atoms with Gasteiger partial charge in [-0.25, -0.2) is 4.79 Å². The number of methoxy groups -OCH3 is 1. The van der Waals surface area contributed by atoms with Crippen molar-refractivity contribution in [1.82, 2.24) is 10.2 Å². The highest BCUT2D eigenvalue weighted by molar-refractivity contribution is 5.92. The molecule has 186 valence electrons. The number of rotatable bonds is 8. The Morgan fingerprint density at radius 1 is 1.06 bits per heavy atom. The fourth-order valence-electron chi connectivity index (χ4n) is 4.31. The second-order valence-electron chi connectivity index (χ2n) is 8.43. The quantitative estimate of drug-likeness (QED) is 0.576. The number of carbonyl (C=O) groups is 3. The van der Waals surface area contributed by atoms with Crippen LogP contribution in [0.15, 0.2) is 42.5 Å². The lowest BCUT2D eigenvalue weighted by Gasteiger charge is -2.26. The third-order valence-corrected chi connectivity index (χ3v) is 6.15. The van der Waals surface area contributed by atoms with E-state index in [2.05, 4.69) is 11.4 Å². The Labute approximate surface area is 204 Å². The van der Waals surface area contributed by atoms with Gasteiger partial charge in [0, 0.05) is 13.1 Å². The molecule has 0 radical (unpaired) electrons. The van der Waals surface area contributed by atoms with Crippen molar-refractivity contribution in [3.05, 3.63) is 59.2 Å². The van der Waals surface area contributed by atoms with E-state index in [1.54, 1.807) is 11.0 Å². The topological polar surface area (TPSA) is 103 Å². The van der Waals surface area contributed by atoms with Crippen LogP contribution in [0.1, 0.15) is 40.4 Å². The van der Waals surface area contributed by atoms with Gasteiger partial charge in [0.15, 0.2) is 24.7 Å². The van der Waals surface area contributed by atoms with E-state index >= 15 is 0 Å². The van der Waals surface area contributed by atoms with Crippen LogP contribution in [-0.2, 0) is 25.5 Å². The molecule has 2 amide bonds. The molecule has 1 N–H and O–H groups in total. The van der Waals surface area contributed by atoms with E-state index in [9.17, 15) is 14.4 Å². The minimum Gasteiger partial charge on any atom is -0.493 e. The van der Waals surface area contributed by atoms with E-state index in [0.717, 1.165) is 24.8 Å². The SMILES string of the molecule is COc1cc(C(=O)OCC(=O)NC2CCCc3ccccc32)ccc1OCC(=O)N1CCOCC1. The number of esters is 1. The Kier molecular flexibility index (Phi) is 8.20. The number of morpholine rings is 1. The van der Waals surface area contributed by atoms with Gasteiger partial charge in [-0.1, -0.05) is 24.3 Å². The van der Waals surface area contributed by atoms with E-state index in [4.69, 9.17) is 18.9 Å². The first-order chi connectivity index (χ1) is 17.0. The Balaban J connectivity index is 1.29. The van der Waals surface area contributed by atoms with Gasteiger partial charge in [-0.15, -0.1) is 0 Å². The minimum atomic E-state index is -0.654. The summed E-state index contributed by atoms with van der Waals surface area (Å²) in [6.45, 7) is 1.56. The van der Waals surface area contributed by atoms with Gasteiger partial charge in [-0.2, -0.15) is 0 Å². The number of carbonyl (C=O) groups excluding carboxylic acids is 3. The predicted molar refractivity (Wildman–Crippen MR) is 126 cm³/mol. The van der Waals surface area contributed by atoms with Crippen molar-refractivity contribution < 1.29 is 33.3 Å². The number of nitrogens with one attached hydrogen (secondary N) is 1. The monoisotopic (exact) mass is 482 g/mol. The van der Waals surface area contributed by atoms with Crippen molar-refractivity contribution in [1.29, 1.82) is 0 Å². The summed E-state index contributed by atoms with van der Waals surface area (Å²) in [5.41, 5.74) is 2.57. The summed E-state index contributed by atoms with van der Waals surface area (Å²) in [6.07, 6.45) is 2.85. The lowest BCUT2D eigenvalue weighted by Crippen LogP contribution is -2.43. The normalized spacial score (nSPS) is 17.2. The van der Waals surface area contributed by atoms with E-state index in [1.807, 2.05) is 18.2 Å². The molecule has 0 aromatic heterocycles. The maximum Gasteiger partial charge on any atom is 0.338 e. The Morgan fingerprint density at radius 3 is 2.66 bits per heavy atom. The molecular formula is C26H30N2O7. The van der Waals surface area contributed by atoms with Gasteiger partial charge in [0.25, 0.3) is 11.8 Å². The van der Waals surface area contributed by atoms with Crippen LogP contribution in [0.5, 0.6) is 11.5 Å². The lowest BCUT2D eigenvalue weighted by molar-refractivity contribution is -0.137. The molecule has 4 rings (SSSR count). The zero-order valence-corrected chi connectivity index (χ0v) is 19.8. The fraction of sp³-hybridized carbons (Fsp3) is 0.423. The summed E-state index contributed by atoms with van der Waals surface area (Å²) in [4.78, 5) is 38.9. The predicted octanol–water partition coefficient (Wildman–Crippen LogP) is 2.28. The van der Waals surface area contributed by atoms with Crippen LogP contribution in [0.25, 0.3) is 0 Å². The molecule has 2 aromatic carbocycles. The summed E-state index contributed by atoms with van der Waals surface area (Å²) in [7, 11) is 1.44. The number of amides is 2. The number of nitrogens with zero attached hydrogens (tertiary/aromatic N) is 1. The molecule has 1 atom stereocenters. The number of aryl methyl sites for hydroxylation is 1. The smallest absolute Gasteiger partial charge is 0.338 e. The number of ether oxygens (including phenoxy) is 4. The molecule has 1 unspecified atom stereocenters. The highest BCUT2D eigenvalue weighted by Gasteiger charge is 2.22. The molecule has 9 nitrogen and oxygen atoms in total. The van der Waals surface area contributed by atoms with Crippen LogP contribution in [0.4, 0.5) is 0 Å². The maximum atomic E-state index is 12.5. The molecule has 2 aromatic rings. The summed E-state index contributed by atoms with van der Waals surface area (Å²) in [5.74, 6) is -0.533. The van der Waals surface area contributed by atoms with Crippen LogP contribution in [-0.4, -0.2) is 69.3 Å². The fourth-order valence-corrected chi connectivity index (χ4v) is 4.31. The van der Waals surface area contributed by atoms with Crippen molar-refractivity contribution in [2.75, 3.05) is 46.6 Å². The van der Waals surface area contributed by atoms with Gasteiger partial charge >= 0.3 is 5.97 Å². The Morgan fingerprint density at radius 2 is 1.86 bits per heavy atom. The minimum absolute atomic E-state index is 0.0807. The molecule has 0 spiro atoms. The second-order valence-corrected chi connectivity index (χ2v) is 8.43. The average molecular weight is 483 g/mol. The number of hydrogen-bond donors (Lipinski definition) is 1. The second kappa shape index (κ2) is 11.7. The first-order valence-corrected chi connectivity index (χ1v) is 11.8. The van der Waals surface area contributed by atoms with Crippen molar-refractivity contribution in [2.24, 2.45) is 0 Å². The third-order valence-electron chi connectivity index (χ3n) is 6.15. The largest absolute Gasteiger partial charge is 0.493 e. The van der Waals surface area contributed by atoms with E-state index in [0.29, 0.717) is 32.1 Å². The van der Waals surface area contributed by atoms with Crippen LogP contribution >= 0.6 is 0 Å². The standard InChI is InChI=1S/C26H30N2O7/c1-32-23-15-19(9-10-22(23)34-17-25(30)28-11-13-33-14-12-28)26(31)35-16-24(29)27-21-8-4-6-18-5-2-3-7-20(18)21/h2-3,5,7,9-10,15,21H,4,6,8,11-14,16-17H2,1H3,(H,27,29). The van der Waals surface area contributed by atoms with Gasteiger partial charge in [0.1, 0.15) is 0 Å². The first kappa shape index (κ1) is 24.5. The molecule has 1 fully saturated rings. The zero-order chi connectivity index (χ0) is 24.6. The zero-order valence-electron chi connectivity index (χ0n) is 19.8. The van der Waals surface area contributed by atoms with Gasteiger partial charge in [0.2, 0.25) is 0 Å². The number of hydrogen-bond acceptors (Lipinski definition) is 7. The van der Waals surface area contributed by atoms with Crippen LogP contribution < -0.4 is 14.8 Å². The van der Waals surface area contributed by atoms with E-state index in [-0.39, 0.29) is 42.4 Å². The maximum absolute atomic E-state index is 12.5. The van der Waals surface area contributed by atoms with Crippen LogP contribution in [0, 0.1) is 0 Å². The van der Waals surface area contributed by atoms with Crippen molar-refractivity contribution in [2.45, 2.75) is 25.3 Å². The van der Waals surface area contributed by atoms with Crippen LogP contribution in [0.2, 0.25) is 0 Å². The Bertz CT molecular complexity index is 1070. The van der Waals surface area contributed by atoms with Gasteiger partial charge in [-0.05, 0) is 48.6 Å².